The van der Waals surface area contributed by atoms with Gasteiger partial charge in [-0.2, -0.15) is 0 Å². The number of nitrogens with one attached hydrogen (secondary N) is 1. The van der Waals surface area contributed by atoms with Gasteiger partial charge in [0.25, 0.3) is 0 Å². The van der Waals surface area contributed by atoms with E-state index >= 15 is 0 Å². The second-order valence-electron chi connectivity index (χ2n) is 6.38. The van der Waals surface area contributed by atoms with Crippen molar-refractivity contribution in [3.05, 3.63) is 29.8 Å². The molecule has 3 amide bonds. The number of piperidine rings is 1. The van der Waals surface area contributed by atoms with E-state index in [2.05, 4.69) is 24.4 Å². The number of aryl methyl sites for hydroxylation is 1. The molecule has 1 aliphatic rings. The first kappa shape index (κ1) is 19.1. The normalized spacial score (nSPS) is 17.3. The number of likely N-dealkylation sites (tertiary alicyclic amines) is 1. The molecule has 1 N–H and O–H groups in total. The van der Waals surface area contributed by atoms with Crippen molar-refractivity contribution in [2.45, 2.75) is 39.2 Å². The van der Waals surface area contributed by atoms with Crippen LogP contribution in [0, 0.1) is 0 Å². The summed E-state index contributed by atoms with van der Waals surface area (Å²) < 4.78 is 5.73. The summed E-state index contributed by atoms with van der Waals surface area (Å²) in [6.07, 6.45) is 2.20. The van der Waals surface area contributed by atoms with E-state index in [1.165, 1.54) is 5.56 Å². The fourth-order valence-electron chi connectivity index (χ4n) is 2.89. The van der Waals surface area contributed by atoms with E-state index < -0.39 is 0 Å². The minimum Gasteiger partial charge on any atom is -0.492 e. The number of likely N-dealkylation sites (N-methyl/N-ethyl adjacent to an activating group) is 2. The van der Waals surface area contributed by atoms with Crippen molar-refractivity contribution >= 4 is 11.9 Å². The second kappa shape index (κ2) is 9.30. The number of urea groups is 1. The van der Waals surface area contributed by atoms with Gasteiger partial charge in [-0.3, -0.25) is 4.79 Å². The van der Waals surface area contributed by atoms with Gasteiger partial charge in [-0.1, -0.05) is 19.1 Å². The molecule has 1 aromatic rings. The van der Waals surface area contributed by atoms with E-state index in [1.54, 1.807) is 16.8 Å². The van der Waals surface area contributed by atoms with Crippen LogP contribution in [-0.2, 0) is 11.2 Å². The third-order valence-electron chi connectivity index (χ3n) is 4.58. The molecular weight excluding hydrogens is 318 g/mol. The molecule has 1 aromatic carbocycles. The molecule has 2 rings (SSSR count). The Labute approximate surface area is 150 Å². The average molecular weight is 347 g/mol. The van der Waals surface area contributed by atoms with Crippen LogP contribution in [0.25, 0.3) is 0 Å². The molecule has 0 aromatic heterocycles. The summed E-state index contributed by atoms with van der Waals surface area (Å²) in [5.41, 5.74) is 1.28. The molecule has 138 valence electrons. The van der Waals surface area contributed by atoms with Crippen molar-refractivity contribution in [2.75, 3.05) is 33.3 Å². The van der Waals surface area contributed by atoms with Crippen LogP contribution < -0.4 is 10.1 Å². The lowest BCUT2D eigenvalue weighted by Crippen LogP contribution is -2.52. The molecule has 0 bridgehead atoms. The van der Waals surface area contributed by atoms with Crippen LogP contribution >= 0.6 is 0 Å². The number of amides is 3. The van der Waals surface area contributed by atoms with E-state index in [4.69, 9.17) is 4.74 Å². The van der Waals surface area contributed by atoms with E-state index in [0.717, 1.165) is 12.2 Å². The minimum atomic E-state index is -0.0971. The van der Waals surface area contributed by atoms with E-state index in [-0.39, 0.29) is 18.0 Å². The van der Waals surface area contributed by atoms with E-state index in [0.29, 0.717) is 39.1 Å². The van der Waals surface area contributed by atoms with Gasteiger partial charge in [-0.25, -0.2) is 4.79 Å². The van der Waals surface area contributed by atoms with Crippen molar-refractivity contribution < 1.29 is 14.3 Å². The lowest BCUT2D eigenvalue weighted by molar-refractivity contribution is -0.132. The number of rotatable bonds is 7. The standard InChI is InChI=1S/C19H29N3O3/c1-4-15-6-9-17(10-7-15)25-13-12-22(5-2)19(24)20-16-8-11-18(23)21(3)14-16/h6-7,9-10,16H,4-5,8,11-14H2,1-3H3,(H,20,24)/t16-/m0/s1. The molecule has 0 aliphatic carbocycles. The molecule has 6 heteroatoms. The average Bonchev–Trinajstić information content (AvgIpc) is 2.62. The van der Waals surface area contributed by atoms with Gasteiger partial charge in [-0.05, 0) is 37.5 Å². The summed E-state index contributed by atoms with van der Waals surface area (Å²) in [6, 6.07) is 7.96. The zero-order valence-corrected chi connectivity index (χ0v) is 15.5. The molecule has 0 saturated carbocycles. The van der Waals surface area contributed by atoms with Crippen LogP contribution in [0.1, 0.15) is 32.3 Å². The number of carbonyl (C=O) groups excluding carboxylic acids is 2. The smallest absolute Gasteiger partial charge is 0.317 e. The Hall–Kier alpha value is -2.24. The Kier molecular flexibility index (Phi) is 7.10. The van der Waals surface area contributed by atoms with Gasteiger partial charge in [0.05, 0.1) is 6.54 Å². The molecule has 6 nitrogen and oxygen atoms in total. The number of benzene rings is 1. The van der Waals surface area contributed by atoms with Gasteiger partial charge >= 0.3 is 6.03 Å². The van der Waals surface area contributed by atoms with Gasteiger partial charge in [0.15, 0.2) is 0 Å². The fraction of sp³-hybridized carbons (Fsp3) is 0.579. The first-order valence-corrected chi connectivity index (χ1v) is 9.04. The molecule has 1 aliphatic heterocycles. The Morgan fingerprint density at radius 2 is 2.04 bits per heavy atom. The monoisotopic (exact) mass is 347 g/mol. The number of nitrogens with zero attached hydrogens (tertiary/aromatic N) is 2. The fourth-order valence-corrected chi connectivity index (χ4v) is 2.89. The Morgan fingerprint density at radius 1 is 1.32 bits per heavy atom. The van der Waals surface area contributed by atoms with Gasteiger partial charge in [-0.15, -0.1) is 0 Å². The predicted octanol–water partition coefficient (Wildman–Crippen LogP) is 2.28. The number of ether oxygens (including phenoxy) is 1. The van der Waals surface area contributed by atoms with Crippen LogP contribution in [0.5, 0.6) is 5.75 Å². The summed E-state index contributed by atoms with van der Waals surface area (Å²) in [6.45, 7) is 6.24. The zero-order valence-electron chi connectivity index (χ0n) is 15.5. The van der Waals surface area contributed by atoms with Crippen LogP contribution in [0.3, 0.4) is 0 Å². The molecule has 25 heavy (non-hydrogen) atoms. The first-order valence-electron chi connectivity index (χ1n) is 9.04. The number of carbonyl (C=O) groups is 2. The van der Waals surface area contributed by atoms with Crippen molar-refractivity contribution in [1.82, 2.24) is 15.1 Å². The van der Waals surface area contributed by atoms with Crippen molar-refractivity contribution in [3.8, 4) is 5.75 Å². The van der Waals surface area contributed by atoms with E-state index in [1.807, 2.05) is 19.1 Å². The SMILES string of the molecule is CCc1ccc(OCCN(CC)C(=O)N[C@H]2CCC(=O)N(C)C2)cc1. The lowest BCUT2D eigenvalue weighted by Gasteiger charge is -2.32. The topological polar surface area (TPSA) is 61.9 Å². The summed E-state index contributed by atoms with van der Waals surface area (Å²) in [5, 5.41) is 3.02. The molecule has 0 radical (unpaired) electrons. The van der Waals surface area contributed by atoms with Gasteiger partial charge in [0, 0.05) is 32.6 Å². The summed E-state index contributed by atoms with van der Waals surface area (Å²) in [4.78, 5) is 27.3. The Balaban J connectivity index is 1.76. The maximum Gasteiger partial charge on any atom is 0.317 e. The highest BCUT2D eigenvalue weighted by molar-refractivity contribution is 5.78. The maximum absolute atomic E-state index is 12.4. The largest absolute Gasteiger partial charge is 0.492 e. The predicted molar refractivity (Wildman–Crippen MR) is 97.8 cm³/mol. The summed E-state index contributed by atoms with van der Waals surface area (Å²) >= 11 is 0. The molecule has 0 unspecified atom stereocenters. The van der Waals surface area contributed by atoms with Crippen molar-refractivity contribution in [1.29, 1.82) is 0 Å². The highest BCUT2D eigenvalue weighted by Gasteiger charge is 2.25. The summed E-state index contributed by atoms with van der Waals surface area (Å²) in [7, 11) is 1.77. The third kappa shape index (κ3) is 5.66. The molecule has 1 saturated heterocycles. The minimum absolute atomic E-state index is 0.0201. The molecule has 1 atom stereocenters. The van der Waals surface area contributed by atoms with Crippen LogP contribution in [0.4, 0.5) is 4.79 Å². The lowest BCUT2D eigenvalue weighted by atomic mass is 10.1. The first-order chi connectivity index (χ1) is 12.0. The summed E-state index contributed by atoms with van der Waals surface area (Å²) in [5.74, 6) is 0.960. The molecule has 0 spiro atoms. The van der Waals surface area contributed by atoms with Crippen LogP contribution in [0.15, 0.2) is 24.3 Å². The number of hydrogen-bond acceptors (Lipinski definition) is 3. The van der Waals surface area contributed by atoms with Gasteiger partial charge in [0.2, 0.25) is 5.91 Å². The Morgan fingerprint density at radius 3 is 2.64 bits per heavy atom. The van der Waals surface area contributed by atoms with Crippen molar-refractivity contribution in [3.63, 3.8) is 0 Å². The zero-order chi connectivity index (χ0) is 18.2. The van der Waals surface area contributed by atoms with Gasteiger partial charge < -0.3 is 19.9 Å². The van der Waals surface area contributed by atoms with Crippen LogP contribution in [0.2, 0.25) is 0 Å². The molecule has 1 heterocycles. The molecule has 1 fully saturated rings. The van der Waals surface area contributed by atoms with Crippen molar-refractivity contribution in [2.24, 2.45) is 0 Å². The Bertz CT molecular complexity index is 574. The second-order valence-corrected chi connectivity index (χ2v) is 6.38. The quantitative estimate of drug-likeness (QED) is 0.823. The van der Waals surface area contributed by atoms with Crippen LogP contribution in [-0.4, -0.2) is 61.1 Å². The van der Waals surface area contributed by atoms with Gasteiger partial charge in [0.1, 0.15) is 12.4 Å². The number of hydrogen-bond donors (Lipinski definition) is 1. The maximum atomic E-state index is 12.4. The third-order valence-corrected chi connectivity index (χ3v) is 4.58. The highest BCUT2D eigenvalue weighted by Crippen LogP contribution is 2.13. The van der Waals surface area contributed by atoms with E-state index in [9.17, 15) is 9.59 Å². The molecular formula is C19H29N3O3. The highest BCUT2D eigenvalue weighted by atomic mass is 16.5.